The Bertz CT molecular complexity index is 325. The van der Waals surface area contributed by atoms with Crippen LogP contribution in [0.5, 0.6) is 0 Å². The van der Waals surface area contributed by atoms with Gasteiger partial charge in [-0.2, -0.15) is 0 Å². The van der Waals surface area contributed by atoms with Crippen LogP contribution >= 0.6 is 0 Å². The molecule has 0 aliphatic carbocycles. The maximum Gasteiger partial charge on any atom is 0.293 e. The summed E-state index contributed by atoms with van der Waals surface area (Å²) in [4.78, 5) is 0. The standard InChI is InChI=1S/C15H23BO/c1-3-7-13-10-15(12-16(11-13)17-2)14-8-5-4-6-9-14/h4-6,8-9,13,15H,3,7,10-12H2,1-2H3. The Labute approximate surface area is 106 Å². The van der Waals surface area contributed by atoms with Crippen molar-refractivity contribution in [1.29, 1.82) is 0 Å². The van der Waals surface area contributed by atoms with E-state index in [1.165, 1.54) is 37.5 Å². The molecule has 0 saturated carbocycles. The summed E-state index contributed by atoms with van der Waals surface area (Å²) in [6.45, 7) is 2.75. The number of rotatable bonds is 4. The van der Waals surface area contributed by atoms with Crippen LogP contribution in [-0.4, -0.2) is 14.0 Å². The summed E-state index contributed by atoms with van der Waals surface area (Å²) in [5.41, 5.74) is 1.50. The fourth-order valence-electron chi connectivity index (χ4n) is 3.21. The minimum Gasteiger partial charge on any atom is -0.438 e. The monoisotopic (exact) mass is 230 g/mol. The second-order valence-electron chi connectivity index (χ2n) is 5.33. The molecule has 1 nitrogen and oxygen atoms in total. The third-order valence-corrected chi connectivity index (χ3v) is 4.06. The van der Waals surface area contributed by atoms with E-state index in [4.69, 9.17) is 4.65 Å². The summed E-state index contributed by atoms with van der Waals surface area (Å²) in [5.74, 6) is 1.55. The first-order valence-corrected chi connectivity index (χ1v) is 6.91. The minimum absolute atomic E-state index is 0.463. The van der Waals surface area contributed by atoms with Crippen LogP contribution in [0.1, 0.15) is 37.7 Å². The van der Waals surface area contributed by atoms with Crippen molar-refractivity contribution >= 4 is 6.92 Å². The molecular formula is C15H23BO. The maximum absolute atomic E-state index is 5.62. The zero-order chi connectivity index (χ0) is 12.1. The van der Waals surface area contributed by atoms with Gasteiger partial charge in [0.15, 0.2) is 0 Å². The van der Waals surface area contributed by atoms with Crippen molar-refractivity contribution in [3.63, 3.8) is 0 Å². The van der Waals surface area contributed by atoms with Crippen molar-refractivity contribution in [3.8, 4) is 0 Å². The molecule has 0 N–H and O–H groups in total. The summed E-state index contributed by atoms with van der Waals surface area (Å²) < 4.78 is 5.62. The molecule has 2 atom stereocenters. The first-order valence-electron chi connectivity index (χ1n) is 6.91. The number of benzene rings is 1. The van der Waals surface area contributed by atoms with Gasteiger partial charge >= 0.3 is 0 Å². The van der Waals surface area contributed by atoms with Crippen LogP contribution in [0, 0.1) is 5.92 Å². The highest BCUT2D eigenvalue weighted by atomic mass is 16.4. The van der Waals surface area contributed by atoms with Crippen LogP contribution in [0.25, 0.3) is 0 Å². The van der Waals surface area contributed by atoms with Crippen molar-refractivity contribution < 1.29 is 4.65 Å². The van der Waals surface area contributed by atoms with Gasteiger partial charge in [0.1, 0.15) is 0 Å². The Hall–Kier alpha value is -0.755. The molecule has 1 saturated heterocycles. The molecule has 0 spiro atoms. The van der Waals surface area contributed by atoms with Gasteiger partial charge in [-0.1, -0.05) is 50.1 Å². The Morgan fingerprint density at radius 3 is 2.65 bits per heavy atom. The average Bonchev–Trinajstić information content (AvgIpc) is 2.40. The fourth-order valence-corrected chi connectivity index (χ4v) is 3.21. The number of hydrogen-bond donors (Lipinski definition) is 0. The minimum atomic E-state index is 0.463. The van der Waals surface area contributed by atoms with Gasteiger partial charge in [0.2, 0.25) is 0 Å². The molecule has 92 valence electrons. The van der Waals surface area contributed by atoms with E-state index < -0.39 is 0 Å². The molecule has 1 aliphatic rings. The van der Waals surface area contributed by atoms with Gasteiger partial charge in [-0.05, 0) is 36.5 Å². The molecule has 1 heterocycles. The fraction of sp³-hybridized carbons (Fsp3) is 0.600. The van der Waals surface area contributed by atoms with Crippen molar-refractivity contribution in [3.05, 3.63) is 35.9 Å². The molecule has 1 aromatic carbocycles. The predicted octanol–water partition coefficient (Wildman–Crippen LogP) is 4.23. The maximum atomic E-state index is 5.62. The van der Waals surface area contributed by atoms with Crippen molar-refractivity contribution in [2.75, 3.05) is 7.11 Å². The van der Waals surface area contributed by atoms with Crippen molar-refractivity contribution in [2.24, 2.45) is 5.92 Å². The Kier molecular flexibility index (Phi) is 4.67. The highest BCUT2D eigenvalue weighted by Gasteiger charge is 2.32. The summed E-state index contributed by atoms with van der Waals surface area (Å²) in [7, 11) is 1.86. The molecule has 17 heavy (non-hydrogen) atoms. The molecule has 2 heteroatoms. The number of hydrogen-bond acceptors (Lipinski definition) is 1. The summed E-state index contributed by atoms with van der Waals surface area (Å²) in [6, 6.07) is 10.9. The molecule has 0 aromatic heterocycles. The third kappa shape index (κ3) is 3.35. The normalized spacial score (nSPS) is 24.9. The lowest BCUT2D eigenvalue weighted by Crippen LogP contribution is -2.29. The summed E-state index contributed by atoms with van der Waals surface area (Å²) >= 11 is 0. The van der Waals surface area contributed by atoms with Crippen molar-refractivity contribution in [2.45, 2.75) is 44.7 Å². The molecule has 1 fully saturated rings. The molecule has 1 aromatic rings. The van der Waals surface area contributed by atoms with Crippen molar-refractivity contribution in [1.82, 2.24) is 0 Å². The van der Waals surface area contributed by atoms with E-state index >= 15 is 0 Å². The van der Waals surface area contributed by atoms with Gasteiger partial charge in [-0.3, -0.25) is 0 Å². The van der Waals surface area contributed by atoms with Crippen LogP contribution in [0.3, 0.4) is 0 Å². The average molecular weight is 230 g/mol. The second-order valence-corrected chi connectivity index (χ2v) is 5.33. The van der Waals surface area contributed by atoms with Gasteiger partial charge in [0.05, 0.1) is 0 Å². The molecule has 2 unspecified atom stereocenters. The first kappa shape index (κ1) is 12.7. The first-order chi connectivity index (χ1) is 8.33. The van der Waals surface area contributed by atoms with Gasteiger partial charge in [0.25, 0.3) is 6.92 Å². The van der Waals surface area contributed by atoms with E-state index in [1.807, 2.05) is 7.11 Å². The third-order valence-electron chi connectivity index (χ3n) is 4.06. The SMILES string of the molecule is CCCC1CB(OC)CC(c2ccccc2)C1. The van der Waals surface area contributed by atoms with Gasteiger partial charge < -0.3 is 4.65 Å². The van der Waals surface area contributed by atoms with E-state index in [-0.39, 0.29) is 0 Å². The predicted molar refractivity (Wildman–Crippen MR) is 74.6 cm³/mol. The molecule has 0 radical (unpaired) electrons. The molecule has 1 aliphatic heterocycles. The van der Waals surface area contributed by atoms with E-state index in [1.54, 1.807) is 0 Å². The van der Waals surface area contributed by atoms with E-state index in [0.717, 1.165) is 5.92 Å². The van der Waals surface area contributed by atoms with E-state index in [0.29, 0.717) is 12.8 Å². The lowest BCUT2D eigenvalue weighted by molar-refractivity contribution is 0.351. The Morgan fingerprint density at radius 2 is 2.00 bits per heavy atom. The van der Waals surface area contributed by atoms with Crippen LogP contribution in [-0.2, 0) is 4.65 Å². The molecule has 0 bridgehead atoms. The highest BCUT2D eigenvalue weighted by molar-refractivity contribution is 6.52. The molecule has 2 rings (SSSR count). The van der Waals surface area contributed by atoms with Crippen LogP contribution in [0.15, 0.2) is 30.3 Å². The smallest absolute Gasteiger partial charge is 0.293 e. The zero-order valence-corrected chi connectivity index (χ0v) is 11.1. The van der Waals surface area contributed by atoms with E-state index in [9.17, 15) is 0 Å². The van der Waals surface area contributed by atoms with Gasteiger partial charge in [-0.15, -0.1) is 0 Å². The van der Waals surface area contributed by atoms with E-state index in [2.05, 4.69) is 37.3 Å². The topological polar surface area (TPSA) is 9.23 Å². The quantitative estimate of drug-likeness (QED) is 0.703. The lowest BCUT2D eigenvalue weighted by Gasteiger charge is -2.32. The Balaban J connectivity index is 2.06. The van der Waals surface area contributed by atoms with Gasteiger partial charge in [0, 0.05) is 7.11 Å². The van der Waals surface area contributed by atoms with Crippen LogP contribution in [0.4, 0.5) is 0 Å². The van der Waals surface area contributed by atoms with Crippen LogP contribution in [0.2, 0.25) is 12.6 Å². The largest absolute Gasteiger partial charge is 0.438 e. The van der Waals surface area contributed by atoms with Gasteiger partial charge in [-0.25, -0.2) is 0 Å². The highest BCUT2D eigenvalue weighted by Crippen LogP contribution is 2.38. The second kappa shape index (κ2) is 6.25. The molecule has 0 amide bonds. The van der Waals surface area contributed by atoms with Crippen LogP contribution < -0.4 is 0 Å². The Morgan fingerprint density at radius 1 is 1.24 bits per heavy atom. The summed E-state index contributed by atoms with van der Waals surface area (Å²) in [6.07, 6.45) is 6.44. The lowest BCUT2D eigenvalue weighted by atomic mass is 9.48. The summed E-state index contributed by atoms with van der Waals surface area (Å²) in [5, 5.41) is 0. The zero-order valence-electron chi connectivity index (χ0n) is 11.1. The molecular weight excluding hydrogens is 207 g/mol.